The molecule has 6 N–H and O–H groups in total. The van der Waals surface area contributed by atoms with E-state index in [1.54, 1.807) is 55.5 Å². The molecule has 0 aliphatic rings. The Morgan fingerprint density at radius 2 is 1.23 bits per heavy atom. The molecule has 8 nitrogen and oxygen atoms in total. The van der Waals surface area contributed by atoms with Gasteiger partial charge >= 0.3 is 6.03 Å². The Labute approximate surface area is 151 Å². The predicted molar refractivity (Wildman–Crippen MR) is 104 cm³/mol. The number of ketones is 1. The summed E-state index contributed by atoms with van der Waals surface area (Å²) in [5.74, 6) is -0.143. The fourth-order valence-electron chi connectivity index (χ4n) is 2.07. The Morgan fingerprint density at radius 3 is 1.65 bits per heavy atom. The number of rotatable bonds is 5. The van der Waals surface area contributed by atoms with Crippen LogP contribution in [0.15, 0.2) is 58.7 Å². The van der Waals surface area contributed by atoms with Crippen LogP contribution in [0.3, 0.4) is 0 Å². The molecule has 0 radical (unpaired) electrons. The van der Waals surface area contributed by atoms with Crippen molar-refractivity contribution in [1.29, 1.82) is 0 Å². The van der Waals surface area contributed by atoms with E-state index < -0.39 is 0 Å². The zero-order valence-electron chi connectivity index (χ0n) is 14.5. The van der Waals surface area contributed by atoms with Crippen molar-refractivity contribution in [2.24, 2.45) is 21.7 Å². The summed E-state index contributed by atoms with van der Waals surface area (Å²) < 4.78 is 0. The maximum Gasteiger partial charge on any atom is 0.323 e. The van der Waals surface area contributed by atoms with Gasteiger partial charge in [-0.3, -0.25) is 4.79 Å². The molecule has 0 saturated carbocycles. The molecular weight excluding hydrogens is 332 g/mol. The Hall–Kier alpha value is -3.68. The number of nitrogens with one attached hydrogen (secondary N) is 2. The van der Waals surface area contributed by atoms with Gasteiger partial charge < -0.3 is 22.1 Å². The molecule has 0 unspecified atom stereocenters. The third-order valence-electron chi connectivity index (χ3n) is 3.43. The lowest BCUT2D eigenvalue weighted by Crippen LogP contribution is -2.22. The van der Waals surface area contributed by atoms with Crippen LogP contribution in [0.1, 0.15) is 29.8 Å². The summed E-state index contributed by atoms with van der Waals surface area (Å²) in [7, 11) is 0. The van der Waals surface area contributed by atoms with Crippen molar-refractivity contribution in [3.63, 3.8) is 0 Å². The molecule has 0 heterocycles. The van der Waals surface area contributed by atoms with Crippen LogP contribution in [-0.2, 0) is 0 Å². The Bertz CT molecular complexity index is 850. The van der Waals surface area contributed by atoms with E-state index in [-0.39, 0.29) is 17.8 Å². The molecule has 0 fully saturated rings. The van der Waals surface area contributed by atoms with Crippen molar-refractivity contribution < 1.29 is 9.59 Å². The zero-order valence-corrected chi connectivity index (χ0v) is 14.5. The summed E-state index contributed by atoms with van der Waals surface area (Å²) in [4.78, 5) is 23.3. The molecule has 2 aromatic carbocycles. The molecule has 0 aromatic heterocycles. The topological polar surface area (TPSA) is 135 Å². The summed E-state index contributed by atoms with van der Waals surface area (Å²) in [5, 5.41) is 12.9. The first-order chi connectivity index (χ1) is 12.3. The highest BCUT2D eigenvalue weighted by Crippen LogP contribution is 2.13. The van der Waals surface area contributed by atoms with Gasteiger partial charge in [0.25, 0.3) is 0 Å². The van der Waals surface area contributed by atoms with E-state index in [4.69, 9.17) is 11.5 Å². The van der Waals surface area contributed by atoms with Gasteiger partial charge in [-0.1, -0.05) is 12.1 Å². The van der Waals surface area contributed by atoms with Crippen LogP contribution in [-0.4, -0.2) is 23.5 Å². The number of carbonyl (C=O) groups is 2. The first-order valence-electron chi connectivity index (χ1n) is 7.78. The number of urea groups is 1. The fourth-order valence-corrected chi connectivity index (χ4v) is 2.07. The number of nitrogens with two attached hydrogens (primary N) is 2. The van der Waals surface area contributed by atoms with Crippen LogP contribution in [0.5, 0.6) is 0 Å². The van der Waals surface area contributed by atoms with Gasteiger partial charge in [-0.15, -0.1) is 5.10 Å². The monoisotopic (exact) mass is 352 g/mol. The Kier molecular flexibility index (Phi) is 6.05. The molecule has 0 bridgehead atoms. The lowest BCUT2D eigenvalue weighted by atomic mass is 10.1. The average molecular weight is 352 g/mol. The van der Waals surface area contributed by atoms with Gasteiger partial charge in [-0.05, 0) is 55.8 Å². The van der Waals surface area contributed by atoms with Gasteiger partial charge in [0, 0.05) is 16.9 Å². The van der Waals surface area contributed by atoms with E-state index in [1.165, 1.54) is 6.92 Å². The summed E-state index contributed by atoms with van der Waals surface area (Å²) in [6, 6.07) is 13.3. The predicted octanol–water partition coefficient (Wildman–Crippen LogP) is 2.53. The summed E-state index contributed by atoms with van der Waals surface area (Å²) in [5.41, 5.74) is 13.7. The van der Waals surface area contributed by atoms with Crippen LogP contribution in [0.25, 0.3) is 0 Å². The average Bonchev–Trinajstić information content (AvgIpc) is 2.60. The Balaban J connectivity index is 1.98. The van der Waals surface area contributed by atoms with Crippen LogP contribution < -0.4 is 22.1 Å². The first kappa shape index (κ1) is 18.7. The number of guanidine groups is 1. The first-order valence-corrected chi connectivity index (χ1v) is 7.78. The summed E-state index contributed by atoms with van der Waals surface area (Å²) in [6.07, 6.45) is 0. The quantitative estimate of drug-likeness (QED) is 0.284. The highest BCUT2D eigenvalue weighted by atomic mass is 16.2. The molecule has 26 heavy (non-hydrogen) atoms. The number of nitrogens with zero attached hydrogens (tertiary/aromatic N) is 2. The van der Waals surface area contributed by atoms with Crippen LogP contribution in [0, 0.1) is 0 Å². The lowest BCUT2D eigenvalue weighted by molar-refractivity contribution is 0.101. The summed E-state index contributed by atoms with van der Waals surface area (Å²) >= 11 is 0. The van der Waals surface area contributed by atoms with E-state index in [2.05, 4.69) is 20.8 Å². The van der Waals surface area contributed by atoms with E-state index in [1.807, 2.05) is 0 Å². The second-order valence-corrected chi connectivity index (χ2v) is 5.50. The third kappa shape index (κ3) is 5.45. The molecule has 0 saturated heterocycles. The molecule has 8 heteroatoms. The number of amides is 2. The van der Waals surface area contributed by atoms with Crippen molar-refractivity contribution in [3.05, 3.63) is 59.7 Å². The van der Waals surface area contributed by atoms with Crippen LogP contribution >= 0.6 is 0 Å². The molecule has 0 aliphatic heterocycles. The van der Waals surface area contributed by atoms with Gasteiger partial charge in [-0.2, -0.15) is 5.10 Å². The molecule has 0 atom stereocenters. The van der Waals surface area contributed by atoms with E-state index >= 15 is 0 Å². The SMILES string of the molecule is CC(=O)c1ccc(NC(=O)Nc2ccc(C(C)=NN=C(N)N)cc2)cc1. The minimum Gasteiger partial charge on any atom is -0.369 e. The van der Waals surface area contributed by atoms with Crippen LogP contribution in [0.2, 0.25) is 0 Å². The largest absolute Gasteiger partial charge is 0.369 e. The Morgan fingerprint density at radius 1 is 0.769 bits per heavy atom. The normalized spacial score (nSPS) is 10.8. The van der Waals surface area contributed by atoms with E-state index in [9.17, 15) is 9.59 Å². The van der Waals surface area contributed by atoms with Crippen molar-refractivity contribution in [1.82, 2.24) is 0 Å². The number of hydrogen-bond donors (Lipinski definition) is 4. The third-order valence-corrected chi connectivity index (χ3v) is 3.43. The molecular formula is C18H20N6O2. The second-order valence-electron chi connectivity index (χ2n) is 5.50. The van der Waals surface area contributed by atoms with Crippen molar-refractivity contribution >= 4 is 34.9 Å². The molecule has 134 valence electrons. The van der Waals surface area contributed by atoms with Crippen molar-refractivity contribution in [3.8, 4) is 0 Å². The number of Topliss-reactive ketones (excluding diaryl/α,β-unsaturated/α-hetero) is 1. The smallest absolute Gasteiger partial charge is 0.323 e. The van der Waals surface area contributed by atoms with Gasteiger partial charge in [-0.25, -0.2) is 4.79 Å². The number of anilines is 2. The highest BCUT2D eigenvalue weighted by Gasteiger charge is 2.05. The molecule has 0 aliphatic carbocycles. The zero-order chi connectivity index (χ0) is 19.1. The number of hydrogen-bond acceptors (Lipinski definition) is 4. The van der Waals surface area contributed by atoms with Crippen molar-refractivity contribution in [2.75, 3.05) is 10.6 Å². The molecule has 2 amide bonds. The van der Waals surface area contributed by atoms with E-state index in [0.717, 1.165) is 5.56 Å². The molecule has 0 spiro atoms. The van der Waals surface area contributed by atoms with Gasteiger partial charge in [0.15, 0.2) is 5.78 Å². The summed E-state index contributed by atoms with van der Waals surface area (Å²) in [6.45, 7) is 3.26. The maximum absolute atomic E-state index is 12.0. The number of carbonyl (C=O) groups excluding carboxylic acids is 2. The second kappa shape index (κ2) is 8.43. The maximum atomic E-state index is 12.0. The lowest BCUT2D eigenvalue weighted by Gasteiger charge is -2.08. The van der Waals surface area contributed by atoms with Gasteiger partial charge in [0.1, 0.15) is 0 Å². The highest BCUT2D eigenvalue weighted by molar-refractivity contribution is 6.02. The minimum absolute atomic E-state index is 0.0280. The van der Waals surface area contributed by atoms with Crippen molar-refractivity contribution in [2.45, 2.75) is 13.8 Å². The van der Waals surface area contributed by atoms with Crippen LogP contribution in [0.4, 0.5) is 16.2 Å². The molecule has 2 rings (SSSR count). The standard InChI is InChI=1S/C18H20N6O2/c1-11(23-24-17(19)20)13-3-7-15(8-4-13)21-18(26)22-16-9-5-14(6-10-16)12(2)25/h3-10H,1-2H3,(H4,19,20,24)(H2,21,22,26). The molecule has 2 aromatic rings. The number of benzene rings is 2. The van der Waals surface area contributed by atoms with Gasteiger partial charge in [0.2, 0.25) is 5.96 Å². The minimum atomic E-state index is -0.390. The fraction of sp³-hybridized carbons (Fsp3) is 0.111. The van der Waals surface area contributed by atoms with Gasteiger partial charge in [0.05, 0.1) is 5.71 Å². The van der Waals surface area contributed by atoms with E-state index in [0.29, 0.717) is 22.6 Å².